The van der Waals surface area contributed by atoms with Crippen LogP contribution in [0.15, 0.2) is 79.0 Å². The van der Waals surface area contributed by atoms with Crippen LogP contribution >= 0.6 is 11.8 Å². The number of thioether (sulfide) groups is 1. The number of ketones is 1. The molecule has 3 amide bonds. The maximum absolute atomic E-state index is 14.6. The maximum atomic E-state index is 14.6. The van der Waals surface area contributed by atoms with E-state index in [1.54, 1.807) is 66.7 Å². The number of para-hydroxylation sites is 2. The number of urea groups is 1. The highest BCUT2D eigenvalue weighted by Gasteiger charge is 2.42. The van der Waals surface area contributed by atoms with E-state index in [4.69, 9.17) is 0 Å². The number of nitrogens with one attached hydrogen (secondary N) is 6. The van der Waals surface area contributed by atoms with E-state index in [1.807, 2.05) is 11.8 Å². The first kappa shape index (κ1) is 34.6. The lowest BCUT2D eigenvalue weighted by molar-refractivity contribution is -0.116. The molecule has 0 radical (unpaired) electrons. The van der Waals surface area contributed by atoms with E-state index in [0.717, 1.165) is 37.5 Å². The number of fused-ring (bicyclic) bond motifs is 1. The Bertz CT molecular complexity index is 2000. The Morgan fingerprint density at radius 3 is 2.30 bits per heavy atom. The second-order valence-electron chi connectivity index (χ2n) is 12.0. The summed E-state index contributed by atoms with van der Waals surface area (Å²) in [6, 6.07) is 20.0. The lowest BCUT2D eigenvalue weighted by atomic mass is 10.0. The zero-order chi connectivity index (χ0) is 35.3. The number of halogens is 1. The number of benzene rings is 3. The van der Waals surface area contributed by atoms with Crippen molar-refractivity contribution in [2.75, 3.05) is 32.7 Å². The van der Waals surface area contributed by atoms with Gasteiger partial charge in [0.05, 0.1) is 35.9 Å². The standard InChI is InChI=1S/C34H35FN8O5S2/c1-50(47,48)43-26-7-3-2-6-25(26)39-32-24(35)18-36-33(42-32)38-23-16-12-21(13-17-23)31(45)20-10-14-22(15-11-20)37-29(44)9-5-4-8-28-30-27(19-49-28)40-34(46)41-30/h2-3,6-7,10-18,27-28,30,43H,4-5,8-9,19H2,1H3,(H,37,44)(H2,40,41,46)(H2,36,38,39,42)/t27-,28-,30-/m0/s1. The fourth-order valence-corrected chi connectivity index (χ4v) is 7.85. The maximum Gasteiger partial charge on any atom is 0.315 e. The minimum absolute atomic E-state index is 0.0711. The van der Waals surface area contributed by atoms with E-state index in [-0.39, 0.29) is 47.3 Å². The Hall–Kier alpha value is -5.22. The topological polar surface area (TPSA) is 183 Å². The predicted octanol–water partition coefficient (Wildman–Crippen LogP) is 5.37. The van der Waals surface area contributed by atoms with Gasteiger partial charge in [-0.3, -0.25) is 14.3 Å². The molecule has 0 bridgehead atoms. The molecule has 2 fully saturated rings. The Morgan fingerprint density at radius 1 is 0.920 bits per heavy atom. The number of amides is 3. The van der Waals surface area contributed by atoms with Crippen molar-refractivity contribution < 1.29 is 27.2 Å². The highest BCUT2D eigenvalue weighted by molar-refractivity contribution is 8.00. The van der Waals surface area contributed by atoms with Crippen molar-refractivity contribution in [2.24, 2.45) is 0 Å². The summed E-state index contributed by atoms with van der Waals surface area (Å²) in [6.07, 6.45) is 4.96. The molecule has 50 heavy (non-hydrogen) atoms. The molecular weight excluding hydrogens is 684 g/mol. The van der Waals surface area contributed by atoms with Gasteiger partial charge >= 0.3 is 6.03 Å². The summed E-state index contributed by atoms with van der Waals surface area (Å²) in [6.45, 7) is 0. The van der Waals surface area contributed by atoms with E-state index in [2.05, 4.69) is 41.3 Å². The average Bonchev–Trinajstić information content (AvgIpc) is 3.64. The molecule has 2 aliphatic rings. The van der Waals surface area contributed by atoms with Crippen LogP contribution in [0, 0.1) is 5.82 Å². The van der Waals surface area contributed by atoms with Crippen LogP contribution < -0.4 is 31.3 Å². The second-order valence-corrected chi connectivity index (χ2v) is 15.0. The van der Waals surface area contributed by atoms with E-state index >= 15 is 0 Å². The SMILES string of the molecule is CS(=O)(=O)Nc1ccccc1Nc1nc(Nc2ccc(C(=O)c3ccc(NC(=O)CCCC[C@@H]4SC[C@@H]5NC(=O)N[C@@H]54)cc3)cc2)ncc1F. The van der Waals surface area contributed by atoms with Crippen LogP contribution in [0.25, 0.3) is 0 Å². The third kappa shape index (κ3) is 8.87. The van der Waals surface area contributed by atoms with Crippen molar-refractivity contribution in [3.05, 3.63) is 95.9 Å². The van der Waals surface area contributed by atoms with Crippen LogP contribution in [0.3, 0.4) is 0 Å². The number of hydrogen-bond acceptors (Lipinski definition) is 10. The molecule has 0 saturated carbocycles. The molecule has 3 atom stereocenters. The molecule has 4 aromatic rings. The lowest BCUT2D eigenvalue weighted by Gasteiger charge is -2.16. The summed E-state index contributed by atoms with van der Waals surface area (Å²) in [7, 11) is -3.57. The number of unbranched alkanes of at least 4 members (excludes halogenated alkanes) is 1. The molecule has 6 N–H and O–H groups in total. The van der Waals surface area contributed by atoms with Gasteiger partial charge in [0.1, 0.15) is 0 Å². The van der Waals surface area contributed by atoms with Crippen molar-refractivity contribution >= 4 is 74.0 Å². The van der Waals surface area contributed by atoms with Gasteiger partial charge in [0, 0.05) is 39.9 Å². The molecule has 0 spiro atoms. The fraction of sp³-hybridized carbons (Fsp3) is 0.265. The summed E-state index contributed by atoms with van der Waals surface area (Å²) in [5.41, 5.74) is 2.55. The molecule has 0 aliphatic carbocycles. The lowest BCUT2D eigenvalue weighted by Crippen LogP contribution is -2.36. The minimum Gasteiger partial charge on any atom is -0.336 e. The summed E-state index contributed by atoms with van der Waals surface area (Å²) in [5, 5.41) is 15.0. The zero-order valence-electron chi connectivity index (χ0n) is 26.9. The van der Waals surface area contributed by atoms with Gasteiger partial charge in [0.25, 0.3) is 0 Å². The Balaban J connectivity index is 0.987. The van der Waals surface area contributed by atoms with E-state index < -0.39 is 15.8 Å². The van der Waals surface area contributed by atoms with Crippen molar-refractivity contribution in [3.63, 3.8) is 0 Å². The quantitative estimate of drug-likeness (QED) is 0.0563. The molecule has 0 unspecified atom stereocenters. The highest BCUT2D eigenvalue weighted by atomic mass is 32.2. The first-order chi connectivity index (χ1) is 24.0. The minimum atomic E-state index is -3.57. The van der Waals surface area contributed by atoms with Crippen LogP contribution in [-0.2, 0) is 14.8 Å². The molecule has 260 valence electrons. The first-order valence-corrected chi connectivity index (χ1v) is 18.8. The molecule has 13 nitrogen and oxygen atoms in total. The number of carbonyl (C=O) groups is 3. The molecule has 3 aromatic carbocycles. The number of anilines is 6. The van der Waals surface area contributed by atoms with Crippen LogP contribution in [0.5, 0.6) is 0 Å². The summed E-state index contributed by atoms with van der Waals surface area (Å²) >= 11 is 1.86. The second kappa shape index (κ2) is 15.1. The third-order valence-electron chi connectivity index (χ3n) is 8.13. The van der Waals surface area contributed by atoms with Gasteiger partial charge in [0.2, 0.25) is 21.9 Å². The third-order valence-corrected chi connectivity index (χ3v) is 10.2. The Morgan fingerprint density at radius 2 is 1.60 bits per heavy atom. The van der Waals surface area contributed by atoms with Crippen molar-refractivity contribution in [1.82, 2.24) is 20.6 Å². The van der Waals surface area contributed by atoms with Crippen molar-refractivity contribution in [1.29, 1.82) is 0 Å². The van der Waals surface area contributed by atoms with Crippen molar-refractivity contribution in [2.45, 2.75) is 43.0 Å². The molecule has 1 aromatic heterocycles. The average molecular weight is 719 g/mol. The summed E-state index contributed by atoms with van der Waals surface area (Å²) in [5.74, 6) is -0.240. The van der Waals surface area contributed by atoms with Gasteiger partial charge in [-0.05, 0) is 73.5 Å². The van der Waals surface area contributed by atoms with Crippen LogP contribution in [0.4, 0.5) is 43.7 Å². The number of sulfonamides is 1. The fourth-order valence-electron chi connectivity index (χ4n) is 5.73. The number of aromatic nitrogens is 2. The first-order valence-electron chi connectivity index (χ1n) is 15.9. The van der Waals surface area contributed by atoms with Gasteiger partial charge in [-0.2, -0.15) is 16.7 Å². The van der Waals surface area contributed by atoms with E-state index in [0.29, 0.717) is 39.9 Å². The van der Waals surface area contributed by atoms with Gasteiger partial charge in [-0.25, -0.2) is 22.6 Å². The molecule has 2 saturated heterocycles. The monoisotopic (exact) mass is 718 g/mol. The Kier molecular flexibility index (Phi) is 10.5. The van der Waals surface area contributed by atoms with Gasteiger partial charge in [-0.15, -0.1) is 0 Å². The molecule has 6 rings (SSSR count). The van der Waals surface area contributed by atoms with Crippen LogP contribution in [-0.4, -0.2) is 65.4 Å². The largest absolute Gasteiger partial charge is 0.336 e. The van der Waals surface area contributed by atoms with E-state index in [1.165, 1.54) is 6.07 Å². The zero-order valence-corrected chi connectivity index (χ0v) is 28.5. The van der Waals surface area contributed by atoms with Gasteiger partial charge in [0.15, 0.2) is 17.4 Å². The molecule has 16 heteroatoms. The Labute approximate surface area is 292 Å². The van der Waals surface area contributed by atoms with Crippen molar-refractivity contribution in [3.8, 4) is 0 Å². The van der Waals surface area contributed by atoms with Crippen LogP contribution in [0.1, 0.15) is 41.6 Å². The normalized spacial score (nSPS) is 18.0. The summed E-state index contributed by atoms with van der Waals surface area (Å²) < 4.78 is 40.4. The van der Waals surface area contributed by atoms with Gasteiger partial charge < -0.3 is 26.6 Å². The number of nitrogens with zero attached hydrogens (tertiary/aromatic N) is 2. The number of carbonyl (C=O) groups excluding carboxylic acids is 3. The van der Waals surface area contributed by atoms with Crippen LogP contribution in [0.2, 0.25) is 0 Å². The molecule has 2 aliphatic heterocycles. The van der Waals surface area contributed by atoms with Gasteiger partial charge in [-0.1, -0.05) is 18.6 Å². The molecular formula is C34H35FN8O5S2. The number of rotatable bonds is 14. The smallest absolute Gasteiger partial charge is 0.315 e. The predicted molar refractivity (Wildman–Crippen MR) is 192 cm³/mol. The summed E-state index contributed by atoms with van der Waals surface area (Å²) in [4.78, 5) is 45.4. The number of hydrogen-bond donors (Lipinski definition) is 6. The molecule has 3 heterocycles. The highest BCUT2D eigenvalue weighted by Crippen LogP contribution is 2.33. The van der Waals surface area contributed by atoms with E-state index in [9.17, 15) is 27.2 Å².